The molecule has 0 amide bonds. The first kappa shape index (κ1) is 10.7. The fourth-order valence-electron chi connectivity index (χ4n) is 1.94. The van der Waals surface area contributed by atoms with Crippen LogP contribution in [0.5, 0.6) is 0 Å². The molecule has 3 rings (SSSR count). The van der Waals surface area contributed by atoms with Crippen LogP contribution in [0.2, 0.25) is 0 Å². The molecule has 0 saturated carbocycles. The van der Waals surface area contributed by atoms with E-state index in [-0.39, 0.29) is 0 Å². The van der Waals surface area contributed by atoms with Crippen LogP contribution in [0.3, 0.4) is 0 Å². The average Bonchev–Trinajstić information content (AvgIpc) is 2.39. The summed E-state index contributed by atoms with van der Waals surface area (Å²) >= 11 is 1.79. The van der Waals surface area contributed by atoms with E-state index in [1.165, 1.54) is 9.79 Å². The molecule has 0 bridgehead atoms. The summed E-state index contributed by atoms with van der Waals surface area (Å²) in [6.45, 7) is 2.67. The molecule has 17 heavy (non-hydrogen) atoms. The van der Waals surface area contributed by atoms with Crippen molar-refractivity contribution in [2.45, 2.75) is 16.7 Å². The van der Waals surface area contributed by atoms with Crippen molar-refractivity contribution in [2.24, 2.45) is 0 Å². The van der Waals surface area contributed by atoms with Gasteiger partial charge in [-0.05, 0) is 31.2 Å². The van der Waals surface area contributed by atoms with Crippen LogP contribution in [0.4, 0.5) is 11.4 Å². The molecule has 3 heteroatoms. The van der Waals surface area contributed by atoms with Crippen LogP contribution in [-0.4, -0.2) is 6.61 Å². The Balaban J connectivity index is 2.13. The molecular formula is C14H13NOS. The lowest BCUT2D eigenvalue weighted by atomic mass is 10.2. The average molecular weight is 243 g/mol. The van der Waals surface area contributed by atoms with Gasteiger partial charge in [-0.3, -0.25) is 4.84 Å². The normalized spacial score (nSPS) is 13.1. The number of nitrogens with zero attached hydrogens (tertiary/aromatic N) is 1. The minimum Gasteiger partial charge on any atom is -0.269 e. The maximum atomic E-state index is 5.76. The fourth-order valence-corrected chi connectivity index (χ4v) is 2.98. The highest BCUT2D eigenvalue weighted by Gasteiger charge is 2.22. The van der Waals surface area contributed by atoms with Crippen molar-refractivity contribution >= 4 is 23.1 Å². The van der Waals surface area contributed by atoms with E-state index in [1.54, 1.807) is 11.8 Å². The van der Waals surface area contributed by atoms with E-state index in [2.05, 4.69) is 36.4 Å². The van der Waals surface area contributed by atoms with Crippen molar-refractivity contribution in [3.8, 4) is 0 Å². The van der Waals surface area contributed by atoms with E-state index in [9.17, 15) is 0 Å². The summed E-state index contributed by atoms with van der Waals surface area (Å²) in [5.41, 5.74) is 2.25. The van der Waals surface area contributed by atoms with Crippen molar-refractivity contribution in [2.75, 3.05) is 11.7 Å². The molecule has 0 fully saturated rings. The molecule has 0 saturated heterocycles. The molecule has 86 valence electrons. The first-order valence-corrected chi connectivity index (χ1v) is 6.51. The molecule has 0 N–H and O–H groups in total. The predicted octanol–water partition coefficient (Wildman–Crippen LogP) is 4.24. The molecule has 0 radical (unpaired) electrons. The first-order chi connectivity index (χ1) is 8.40. The van der Waals surface area contributed by atoms with E-state index in [1.807, 2.05) is 24.1 Å². The molecule has 0 aromatic heterocycles. The Bertz CT molecular complexity index is 496. The third-order valence-electron chi connectivity index (χ3n) is 2.65. The maximum Gasteiger partial charge on any atom is 0.0835 e. The second-order valence-electron chi connectivity index (χ2n) is 3.75. The Morgan fingerprint density at radius 1 is 0.941 bits per heavy atom. The van der Waals surface area contributed by atoms with Gasteiger partial charge >= 0.3 is 0 Å². The standard InChI is InChI=1S/C14H13NOS/c1-2-16-15-11-7-3-5-9-13(11)17-14-10-6-4-8-12(14)15/h3-10H,2H2,1H3. The largest absolute Gasteiger partial charge is 0.269 e. The minimum atomic E-state index is 0.660. The molecule has 0 unspecified atom stereocenters. The maximum absolute atomic E-state index is 5.76. The van der Waals surface area contributed by atoms with Gasteiger partial charge in [0.2, 0.25) is 0 Å². The zero-order chi connectivity index (χ0) is 11.7. The summed E-state index contributed by atoms with van der Waals surface area (Å²) in [7, 11) is 0. The molecule has 1 aliphatic rings. The van der Waals surface area contributed by atoms with Crippen molar-refractivity contribution in [3.63, 3.8) is 0 Å². The SMILES string of the molecule is CCON1c2ccccc2Sc2ccccc21. The summed E-state index contributed by atoms with van der Waals surface area (Å²) in [5, 5.41) is 1.93. The summed E-state index contributed by atoms with van der Waals surface area (Å²) in [4.78, 5) is 8.23. The summed E-state index contributed by atoms with van der Waals surface area (Å²) in [5.74, 6) is 0. The van der Waals surface area contributed by atoms with Gasteiger partial charge in [-0.15, -0.1) is 0 Å². The molecule has 1 aliphatic heterocycles. The number of hydrogen-bond acceptors (Lipinski definition) is 3. The van der Waals surface area contributed by atoms with Gasteiger partial charge in [-0.25, -0.2) is 5.06 Å². The lowest BCUT2D eigenvalue weighted by molar-refractivity contribution is 0.147. The van der Waals surface area contributed by atoms with Gasteiger partial charge < -0.3 is 0 Å². The van der Waals surface area contributed by atoms with Crippen LogP contribution in [0.15, 0.2) is 58.3 Å². The molecule has 2 nitrogen and oxygen atoms in total. The highest BCUT2D eigenvalue weighted by molar-refractivity contribution is 7.99. The van der Waals surface area contributed by atoms with Crippen molar-refractivity contribution in [1.82, 2.24) is 0 Å². The molecule has 1 heterocycles. The van der Waals surface area contributed by atoms with E-state index in [0.717, 1.165) is 11.4 Å². The minimum absolute atomic E-state index is 0.660. The van der Waals surface area contributed by atoms with E-state index >= 15 is 0 Å². The lowest BCUT2D eigenvalue weighted by Crippen LogP contribution is -2.20. The van der Waals surface area contributed by atoms with Crippen molar-refractivity contribution in [1.29, 1.82) is 0 Å². The van der Waals surface area contributed by atoms with E-state index in [4.69, 9.17) is 4.84 Å². The van der Waals surface area contributed by atoms with Crippen LogP contribution in [0.1, 0.15) is 6.92 Å². The molecular weight excluding hydrogens is 230 g/mol. The van der Waals surface area contributed by atoms with Gasteiger partial charge in [0.1, 0.15) is 0 Å². The van der Waals surface area contributed by atoms with Gasteiger partial charge in [-0.1, -0.05) is 36.0 Å². The van der Waals surface area contributed by atoms with E-state index < -0.39 is 0 Å². The number of para-hydroxylation sites is 2. The van der Waals surface area contributed by atoms with Crippen LogP contribution < -0.4 is 5.06 Å². The topological polar surface area (TPSA) is 12.5 Å². The zero-order valence-corrected chi connectivity index (χ0v) is 10.4. The molecule has 2 aromatic carbocycles. The van der Waals surface area contributed by atoms with Crippen LogP contribution in [-0.2, 0) is 4.84 Å². The number of benzene rings is 2. The second kappa shape index (κ2) is 4.43. The van der Waals surface area contributed by atoms with Gasteiger partial charge in [0.15, 0.2) is 0 Å². The van der Waals surface area contributed by atoms with Gasteiger partial charge in [-0.2, -0.15) is 0 Å². The quantitative estimate of drug-likeness (QED) is 0.782. The Hall–Kier alpha value is -1.45. The van der Waals surface area contributed by atoms with Crippen molar-refractivity contribution < 1.29 is 4.84 Å². The first-order valence-electron chi connectivity index (χ1n) is 5.69. The highest BCUT2D eigenvalue weighted by atomic mass is 32.2. The molecule has 0 atom stereocenters. The Labute approximate surface area is 105 Å². The van der Waals surface area contributed by atoms with Crippen LogP contribution >= 0.6 is 11.8 Å². The molecule has 0 spiro atoms. The van der Waals surface area contributed by atoms with Gasteiger partial charge in [0, 0.05) is 9.79 Å². The van der Waals surface area contributed by atoms with E-state index in [0.29, 0.717) is 6.61 Å². The summed E-state index contributed by atoms with van der Waals surface area (Å²) in [6.07, 6.45) is 0. The number of rotatable bonds is 2. The third kappa shape index (κ3) is 1.81. The number of anilines is 2. The van der Waals surface area contributed by atoms with Gasteiger partial charge in [0.05, 0.1) is 18.0 Å². The van der Waals surface area contributed by atoms with Gasteiger partial charge in [0.25, 0.3) is 0 Å². The molecule has 2 aromatic rings. The monoisotopic (exact) mass is 243 g/mol. The second-order valence-corrected chi connectivity index (χ2v) is 4.83. The molecule has 0 aliphatic carbocycles. The number of hydrogen-bond donors (Lipinski definition) is 0. The Kier molecular flexibility index (Phi) is 2.79. The Morgan fingerprint density at radius 3 is 2.00 bits per heavy atom. The summed E-state index contributed by atoms with van der Waals surface area (Å²) < 4.78 is 0. The Morgan fingerprint density at radius 2 is 1.47 bits per heavy atom. The highest BCUT2D eigenvalue weighted by Crippen LogP contribution is 2.47. The van der Waals surface area contributed by atoms with Crippen LogP contribution in [0, 0.1) is 0 Å². The fraction of sp³-hybridized carbons (Fsp3) is 0.143. The number of fused-ring (bicyclic) bond motifs is 2. The zero-order valence-electron chi connectivity index (χ0n) is 9.59. The van der Waals surface area contributed by atoms with Crippen molar-refractivity contribution in [3.05, 3.63) is 48.5 Å². The lowest BCUT2D eigenvalue weighted by Gasteiger charge is -2.30. The predicted molar refractivity (Wildman–Crippen MR) is 70.8 cm³/mol. The third-order valence-corrected chi connectivity index (χ3v) is 3.78. The van der Waals surface area contributed by atoms with Crippen LogP contribution in [0.25, 0.3) is 0 Å². The smallest absolute Gasteiger partial charge is 0.0835 e. The summed E-state index contributed by atoms with van der Waals surface area (Å²) in [6, 6.07) is 16.6.